The smallest absolute Gasteiger partial charge is 0.240 e. The highest BCUT2D eigenvalue weighted by Crippen LogP contribution is 2.35. The summed E-state index contributed by atoms with van der Waals surface area (Å²) in [6, 6.07) is 1.03. The molecule has 18 heavy (non-hydrogen) atoms. The molecule has 1 aromatic heterocycles. The molecule has 1 aromatic carbocycles. The van der Waals surface area contributed by atoms with Crippen LogP contribution in [0.1, 0.15) is 5.89 Å². The zero-order valence-electron chi connectivity index (χ0n) is 9.21. The molecule has 8 heteroatoms. The molecule has 0 aliphatic carbocycles. The fourth-order valence-electron chi connectivity index (χ4n) is 1.37. The highest BCUT2D eigenvalue weighted by atomic mass is 79.9. The number of nitrogens with two attached hydrogens (primary N) is 1. The van der Waals surface area contributed by atoms with Gasteiger partial charge in [0.05, 0.1) is 23.7 Å². The molecule has 2 rings (SSSR count). The summed E-state index contributed by atoms with van der Waals surface area (Å²) < 4.78 is 37.3. The van der Waals surface area contributed by atoms with Crippen molar-refractivity contribution in [3.8, 4) is 17.1 Å². The molecule has 0 amide bonds. The molecule has 96 valence electrons. The first-order valence-electron chi connectivity index (χ1n) is 4.83. The summed E-state index contributed by atoms with van der Waals surface area (Å²) in [4.78, 5) is 3.77. The molecule has 0 aliphatic rings. The lowest BCUT2D eigenvalue weighted by molar-refractivity contribution is 0.379. The maximum atomic E-state index is 14.0. The van der Waals surface area contributed by atoms with Crippen molar-refractivity contribution in [2.75, 3.05) is 7.11 Å². The predicted molar refractivity (Wildman–Crippen MR) is 61.8 cm³/mol. The van der Waals surface area contributed by atoms with Gasteiger partial charge in [-0.15, -0.1) is 0 Å². The minimum Gasteiger partial charge on any atom is -0.495 e. The Morgan fingerprint density at radius 3 is 2.78 bits per heavy atom. The Kier molecular flexibility index (Phi) is 3.58. The van der Waals surface area contributed by atoms with E-state index in [0.29, 0.717) is 0 Å². The van der Waals surface area contributed by atoms with Crippen molar-refractivity contribution in [1.82, 2.24) is 10.1 Å². The molecular weight excluding hydrogens is 312 g/mol. The lowest BCUT2D eigenvalue weighted by Gasteiger charge is -2.07. The molecule has 0 fully saturated rings. The monoisotopic (exact) mass is 319 g/mol. The topological polar surface area (TPSA) is 74.2 Å². The van der Waals surface area contributed by atoms with Crippen LogP contribution >= 0.6 is 15.9 Å². The van der Waals surface area contributed by atoms with Crippen molar-refractivity contribution in [3.63, 3.8) is 0 Å². The molecule has 5 nitrogen and oxygen atoms in total. The van der Waals surface area contributed by atoms with Gasteiger partial charge in [-0.05, 0) is 15.9 Å². The van der Waals surface area contributed by atoms with Crippen molar-refractivity contribution in [3.05, 3.63) is 28.1 Å². The second-order valence-electron chi connectivity index (χ2n) is 3.28. The van der Waals surface area contributed by atoms with E-state index in [1.165, 1.54) is 7.11 Å². The number of rotatable bonds is 3. The van der Waals surface area contributed by atoms with Gasteiger partial charge >= 0.3 is 0 Å². The molecule has 2 aromatic rings. The van der Waals surface area contributed by atoms with E-state index in [1.807, 2.05) is 0 Å². The largest absolute Gasteiger partial charge is 0.495 e. The Morgan fingerprint density at radius 2 is 2.22 bits per heavy atom. The summed E-state index contributed by atoms with van der Waals surface area (Å²) in [5.74, 6) is -1.78. The van der Waals surface area contributed by atoms with Gasteiger partial charge < -0.3 is 15.0 Å². The first-order chi connectivity index (χ1) is 8.58. The zero-order chi connectivity index (χ0) is 13.3. The highest BCUT2D eigenvalue weighted by Gasteiger charge is 2.22. The van der Waals surface area contributed by atoms with Gasteiger partial charge in [-0.25, -0.2) is 8.78 Å². The van der Waals surface area contributed by atoms with Gasteiger partial charge in [-0.1, -0.05) is 5.16 Å². The Morgan fingerprint density at radius 1 is 1.50 bits per heavy atom. The fraction of sp³-hybridized carbons (Fsp3) is 0.200. The normalized spacial score (nSPS) is 10.7. The predicted octanol–water partition coefficient (Wildman–Crippen LogP) is 2.24. The SMILES string of the molecule is COc1cc(F)c(-c2noc(CN)n2)c(F)c1Br. The molecular formula is C10H8BrF2N3O2. The maximum Gasteiger partial charge on any atom is 0.240 e. The van der Waals surface area contributed by atoms with E-state index < -0.39 is 17.2 Å². The molecule has 0 aliphatic heterocycles. The van der Waals surface area contributed by atoms with Crippen LogP contribution in [-0.2, 0) is 6.54 Å². The molecule has 0 atom stereocenters. The van der Waals surface area contributed by atoms with Crippen molar-refractivity contribution >= 4 is 15.9 Å². The van der Waals surface area contributed by atoms with Crippen molar-refractivity contribution in [2.24, 2.45) is 5.73 Å². The van der Waals surface area contributed by atoms with E-state index in [2.05, 4.69) is 26.1 Å². The van der Waals surface area contributed by atoms with E-state index >= 15 is 0 Å². The van der Waals surface area contributed by atoms with E-state index in [9.17, 15) is 8.78 Å². The van der Waals surface area contributed by atoms with Crippen LogP contribution in [0.2, 0.25) is 0 Å². The van der Waals surface area contributed by atoms with Crippen LogP contribution in [0.3, 0.4) is 0 Å². The van der Waals surface area contributed by atoms with Crippen LogP contribution in [-0.4, -0.2) is 17.3 Å². The van der Waals surface area contributed by atoms with Crippen molar-refractivity contribution in [2.45, 2.75) is 6.54 Å². The van der Waals surface area contributed by atoms with Gasteiger partial charge in [0.1, 0.15) is 11.6 Å². The second-order valence-corrected chi connectivity index (χ2v) is 4.07. The van der Waals surface area contributed by atoms with Gasteiger partial charge in [-0.2, -0.15) is 4.98 Å². The number of benzene rings is 1. The van der Waals surface area contributed by atoms with Crippen LogP contribution in [0.15, 0.2) is 15.1 Å². The minimum absolute atomic E-state index is 0.00639. The first-order valence-corrected chi connectivity index (χ1v) is 5.62. The zero-order valence-corrected chi connectivity index (χ0v) is 10.8. The number of nitrogens with zero attached hydrogens (tertiary/aromatic N) is 2. The van der Waals surface area contributed by atoms with E-state index in [-0.39, 0.29) is 28.5 Å². The van der Waals surface area contributed by atoms with E-state index in [4.69, 9.17) is 15.0 Å². The quantitative estimate of drug-likeness (QED) is 0.878. The molecule has 0 saturated heterocycles. The van der Waals surface area contributed by atoms with E-state index in [0.717, 1.165) is 6.07 Å². The molecule has 1 heterocycles. The standard InChI is InChI=1S/C10H8BrF2N3O2/c1-17-5-2-4(12)7(9(13)8(5)11)10-15-6(3-14)18-16-10/h2H,3,14H2,1H3. The first kappa shape index (κ1) is 12.9. The summed E-state index contributed by atoms with van der Waals surface area (Å²) in [5.41, 5.74) is 4.88. The number of hydrogen-bond donors (Lipinski definition) is 1. The van der Waals surface area contributed by atoms with Crippen LogP contribution < -0.4 is 10.5 Å². The molecule has 0 radical (unpaired) electrons. The van der Waals surface area contributed by atoms with Crippen LogP contribution in [0.4, 0.5) is 8.78 Å². The lowest BCUT2D eigenvalue weighted by Crippen LogP contribution is -1.98. The average Bonchev–Trinajstić information content (AvgIpc) is 2.82. The third-order valence-electron chi connectivity index (χ3n) is 2.21. The lowest BCUT2D eigenvalue weighted by atomic mass is 10.1. The molecule has 0 unspecified atom stereocenters. The second kappa shape index (κ2) is 4.99. The Bertz CT molecular complexity index is 589. The summed E-state index contributed by atoms with van der Waals surface area (Å²) in [6.45, 7) is -0.00639. The van der Waals surface area contributed by atoms with Gasteiger partial charge in [0.25, 0.3) is 0 Å². The minimum atomic E-state index is -0.865. The third kappa shape index (κ3) is 2.08. The number of halogens is 3. The number of hydrogen-bond acceptors (Lipinski definition) is 5. The Labute approximate surface area is 109 Å². The average molecular weight is 320 g/mol. The van der Waals surface area contributed by atoms with E-state index in [1.54, 1.807) is 0 Å². The molecule has 0 bridgehead atoms. The van der Waals surface area contributed by atoms with Crippen molar-refractivity contribution < 1.29 is 18.0 Å². The Hall–Kier alpha value is -1.54. The third-order valence-corrected chi connectivity index (χ3v) is 2.95. The van der Waals surface area contributed by atoms with Gasteiger partial charge in [0, 0.05) is 6.07 Å². The highest BCUT2D eigenvalue weighted by molar-refractivity contribution is 9.10. The number of aromatic nitrogens is 2. The summed E-state index contributed by atoms with van der Waals surface area (Å²) in [7, 11) is 1.31. The van der Waals surface area contributed by atoms with Crippen LogP contribution in [0, 0.1) is 11.6 Å². The van der Waals surface area contributed by atoms with Gasteiger partial charge in [0.2, 0.25) is 11.7 Å². The number of methoxy groups -OCH3 is 1. The van der Waals surface area contributed by atoms with Crippen LogP contribution in [0.25, 0.3) is 11.4 Å². The summed E-state index contributed by atoms with van der Waals surface area (Å²) in [5, 5.41) is 3.47. The van der Waals surface area contributed by atoms with Crippen LogP contribution in [0.5, 0.6) is 5.75 Å². The van der Waals surface area contributed by atoms with Crippen molar-refractivity contribution in [1.29, 1.82) is 0 Å². The van der Waals surface area contributed by atoms with Gasteiger partial charge in [0.15, 0.2) is 5.82 Å². The van der Waals surface area contributed by atoms with Gasteiger partial charge in [-0.3, -0.25) is 0 Å². The Balaban J connectivity index is 2.60. The fourth-order valence-corrected chi connectivity index (χ4v) is 1.84. The summed E-state index contributed by atoms with van der Waals surface area (Å²) >= 11 is 2.97. The molecule has 0 saturated carbocycles. The molecule has 0 spiro atoms. The number of ether oxygens (including phenoxy) is 1. The molecule has 2 N–H and O–H groups in total. The maximum absolute atomic E-state index is 14.0. The summed E-state index contributed by atoms with van der Waals surface area (Å²) in [6.07, 6.45) is 0.